The van der Waals surface area contributed by atoms with Crippen LogP contribution >= 0.6 is 12.2 Å². The van der Waals surface area contributed by atoms with Gasteiger partial charge in [-0.2, -0.15) is 0 Å². The molecule has 1 unspecified atom stereocenters. The molecule has 1 heterocycles. The Bertz CT molecular complexity index is 672. The highest BCUT2D eigenvalue weighted by atomic mass is 32.1. The highest BCUT2D eigenvalue weighted by Gasteiger charge is 2.20. The summed E-state index contributed by atoms with van der Waals surface area (Å²) < 4.78 is 14.0. The Balaban J connectivity index is 2.46. The van der Waals surface area contributed by atoms with Crippen LogP contribution in [0, 0.1) is 12.7 Å². The lowest BCUT2D eigenvalue weighted by atomic mass is 10.0. The van der Waals surface area contributed by atoms with E-state index >= 15 is 0 Å². The van der Waals surface area contributed by atoms with Crippen LogP contribution in [0.5, 0.6) is 0 Å². The molecule has 2 aromatic rings. The predicted octanol–water partition coefficient (Wildman–Crippen LogP) is 3.36. The second kappa shape index (κ2) is 6.18. The predicted molar refractivity (Wildman–Crippen MR) is 88.1 cm³/mol. The van der Waals surface area contributed by atoms with Gasteiger partial charge in [0, 0.05) is 18.8 Å². The second-order valence-corrected chi connectivity index (χ2v) is 5.44. The van der Waals surface area contributed by atoms with Gasteiger partial charge in [-0.15, -0.1) is 0 Å². The van der Waals surface area contributed by atoms with E-state index in [0.29, 0.717) is 16.4 Å². The van der Waals surface area contributed by atoms with Crippen LogP contribution in [0.2, 0.25) is 0 Å². The minimum absolute atomic E-state index is 0.186. The molecule has 1 aromatic heterocycles. The van der Waals surface area contributed by atoms with Crippen LogP contribution in [0.4, 0.5) is 10.2 Å². The van der Waals surface area contributed by atoms with Crippen molar-refractivity contribution in [1.29, 1.82) is 0 Å². The SMILES string of the molecule is Cc1ccnc(N(C)C(C)c2ccccc2F)c1C(N)=S. The van der Waals surface area contributed by atoms with E-state index in [1.807, 2.05) is 37.9 Å². The van der Waals surface area contributed by atoms with Gasteiger partial charge in [0.1, 0.15) is 16.6 Å². The topological polar surface area (TPSA) is 42.2 Å². The van der Waals surface area contributed by atoms with Gasteiger partial charge in [0.05, 0.1) is 11.6 Å². The van der Waals surface area contributed by atoms with Crippen LogP contribution in [0.1, 0.15) is 29.7 Å². The van der Waals surface area contributed by atoms with Crippen molar-refractivity contribution in [1.82, 2.24) is 4.98 Å². The average Bonchev–Trinajstić information content (AvgIpc) is 2.45. The first-order chi connectivity index (χ1) is 9.93. The fraction of sp³-hybridized carbons (Fsp3) is 0.250. The van der Waals surface area contributed by atoms with E-state index in [2.05, 4.69) is 4.98 Å². The molecule has 2 rings (SSSR count). The molecular weight excluding hydrogens is 285 g/mol. The quantitative estimate of drug-likeness (QED) is 0.880. The summed E-state index contributed by atoms with van der Waals surface area (Å²) in [7, 11) is 1.86. The maximum absolute atomic E-state index is 14.0. The number of pyridine rings is 1. The molecule has 3 nitrogen and oxygen atoms in total. The number of thiocarbonyl (C=S) groups is 1. The maximum Gasteiger partial charge on any atom is 0.139 e. The average molecular weight is 303 g/mol. The normalized spacial score (nSPS) is 12.0. The van der Waals surface area contributed by atoms with Gasteiger partial charge in [-0.3, -0.25) is 0 Å². The summed E-state index contributed by atoms with van der Waals surface area (Å²) in [6.07, 6.45) is 1.71. The Labute approximate surface area is 129 Å². The molecule has 0 spiro atoms. The van der Waals surface area contributed by atoms with Crippen molar-refractivity contribution in [2.75, 3.05) is 11.9 Å². The zero-order valence-corrected chi connectivity index (χ0v) is 13.1. The molecule has 0 radical (unpaired) electrons. The molecule has 0 amide bonds. The van der Waals surface area contributed by atoms with Crippen LogP contribution in [0.3, 0.4) is 0 Å². The first kappa shape index (κ1) is 15.4. The van der Waals surface area contributed by atoms with Crippen LogP contribution in [-0.2, 0) is 0 Å². The van der Waals surface area contributed by atoms with Crippen molar-refractivity contribution in [3.05, 3.63) is 59.0 Å². The van der Waals surface area contributed by atoms with Crippen LogP contribution < -0.4 is 10.6 Å². The van der Waals surface area contributed by atoms with Crippen LogP contribution in [0.25, 0.3) is 0 Å². The Hall–Kier alpha value is -2.01. The summed E-state index contributed by atoms with van der Waals surface area (Å²) in [5.41, 5.74) is 8.11. The summed E-state index contributed by atoms with van der Waals surface area (Å²) >= 11 is 5.12. The molecule has 5 heteroatoms. The highest BCUT2D eigenvalue weighted by Crippen LogP contribution is 2.29. The smallest absolute Gasteiger partial charge is 0.139 e. The highest BCUT2D eigenvalue weighted by molar-refractivity contribution is 7.80. The molecule has 110 valence electrons. The zero-order chi connectivity index (χ0) is 15.6. The minimum Gasteiger partial charge on any atom is -0.389 e. The van der Waals surface area contributed by atoms with E-state index in [1.54, 1.807) is 18.3 Å². The fourth-order valence-electron chi connectivity index (χ4n) is 2.32. The van der Waals surface area contributed by atoms with Gasteiger partial charge in [0.2, 0.25) is 0 Å². The van der Waals surface area contributed by atoms with Crippen molar-refractivity contribution in [3.8, 4) is 0 Å². The van der Waals surface area contributed by atoms with E-state index in [9.17, 15) is 4.39 Å². The lowest BCUT2D eigenvalue weighted by Gasteiger charge is -2.28. The van der Waals surface area contributed by atoms with Crippen LogP contribution in [-0.4, -0.2) is 17.0 Å². The molecule has 0 aliphatic heterocycles. The Kier molecular flexibility index (Phi) is 4.53. The van der Waals surface area contributed by atoms with Crippen molar-refractivity contribution in [2.45, 2.75) is 19.9 Å². The molecule has 0 aliphatic rings. The zero-order valence-electron chi connectivity index (χ0n) is 12.3. The number of hydrogen-bond acceptors (Lipinski definition) is 3. The lowest BCUT2D eigenvalue weighted by molar-refractivity contribution is 0.584. The molecule has 2 N–H and O–H groups in total. The number of hydrogen-bond donors (Lipinski definition) is 1. The van der Waals surface area contributed by atoms with Gasteiger partial charge in [0.15, 0.2) is 0 Å². The fourth-order valence-corrected chi connectivity index (χ4v) is 2.57. The number of nitrogens with zero attached hydrogens (tertiary/aromatic N) is 2. The summed E-state index contributed by atoms with van der Waals surface area (Å²) in [5.74, 6) is 0.430. The van der Waals surface area contributed by atoms with Crippen LogP contribution in [0.15, 0.2) is 36.5 Å². The van der Waals surface area contributed by atoms with Gasteiger partial charge in [-0.25, -0.2) is 9.37 Å². The molecular formula is C16H18FN3S. The van der Waals surface area contributed by atoms with E-state index in [1.165, 1.54) is 6.07 Å². The largest absolute Gasteiger partial charge is 0.389 e. The van der Waals surface area contributed by atoms with Crippen molar-refractivity contribution in [2.24, 2.45) is 5.73 Å². The minimum atomic E-state index is -0.235. The van der Waals surface area contributed by atoms with Crippen molar-refractivity contribution >= 4 is 23.0 Å². The van der Waals surface area contributed by atoms with E-state index in [0.717, 1.165) is 11.1 Å². The first-order valence-electron chi connectivity index (χ1n) is 6.66. The summed E-state index contributed by atoms with van der Waals surface area (Å²) in [6, 6.07) is 8.40. The summed E-state index contributed by atoms with van der Waals surface area (Å²) in [5, 5.41) is 0. The number of aromatic nitrogens is 1. The first-order valence-corrected chi connectivity index (χ1v) is 7.07. The van der Waals surface area contributed by atoms with Gasteiger partial charge >= 0.3 is 0 Å². The molecule has 21 heavy (non-hydrogen) atoms. The van der Waals surface area contributed by atoms with Crippen molar-refractivity contribution < 1.29 is 4.39 Å². The van der Waals surface area contributed by atoms with Crippen molar-refractivity contribution in [3.63, 3.8) is 0 Å². The van der Waals surface area contributed by atoms with E-state index < -0.39 is 0 Å². The Morgan fingerprint density at radius 1 is 1.33 bits per heavy atom. The number of rotatable bonds is 4. The van der Waals surface area contributed by atoms with Gasteiger partial charge < -0.3 is 10.6 Å². The molecule has 1 atom stereocenters. The third-order valence-corrected chi connectivity index (χ3v) is 3.86. The monoisotopic (exact) mass is 303 g/mol. The number of anilines is 1. The number of nitrogens with two attached hydrogens (primary N) is 1. The molecule has 0 fully saturated rings. The molecule has 0 aliphatic carbocycles. The Morgan fingerprint density at radius 2 is 2.00 bits per heavy atom. The number of aryl methyl sites for hydroxylation is 1. The number of benzene rings is 1. The third kappa shape index (κ3) is 3.03. The molecule has 0 saturated carbocycles. The number of halogens is 1. The molecule has 0 bridgehead atoms. The standard InChI is InChI=1S/C16H18FN3S/c1-10-8-9-19-16(14(10)15(18)21)20(3)11(2)12-6-4-5-7-13(12)17/h4-9,11H,1-3H3,(H2,18,21). The summed E-state index contributed by atoms with van der Waals surface area (Å²) in [4.78, 5) is 6.56. The van der Waals surface area contributed by atoms with Gasteiger partial charge in [-0.05, 0) is 31.5 Å². The van der Waals surface area contributed by atoms with Gasteiger partial charge in [-0.1, -0.05) is 30.4 Å². The van der Waals surface area contributed by atoms with E-state index in [-0.39, 0.29) is 11.9 Å². The molecule has 0 saturated heterocycles. The maximum atomic E-state index is 14.0. The van der Waals surface area contributed by atoms with Gasteiger partial charge in [0.25, 0.3) is 0 Å². The Morgan fingerprint density at radius 3 is 2.62 bits per heavy atom. The summed E-state index contributed by atoms with van der Waals surface area (Å²) in [6.45, 7) is 3.85. The molecule has 1 aromatic carbocycles. The second-order valence-electron chi connectivity index (χ2n) is 5.00. The van der Waals surface area contributed by atoms with E-state index in [4.69, 9.17) is 18.0 Å². The lowest BCUT2D eigenvalue weighted by Crippen LogP contribution is -2.27. The third-order valence-electron chi connectivity index (χ3n) is 3.66.